The van der Waals surface area contributed by atoms with E-state index in [2.05, 4.69) is 5.32 Å². The first-order chi connectivity index (χ1) is 6.24. The highest BCUT2D eigenvalue weighted by atomic mass is 16.5. The number of carboxylic acids is 1. The summed E-state index contributed by atoms with van der Waals surface area (Å²) >= 11 is 0. The van der Waals surface area contributed by atoms with Crippen LogP contribution in [0.2, 0.25) is 0 Å². The van der Waals surface area contributed by atoms with Crippen molar-refractivity contribution < 1.29 is 14.6 Å². The lowest BCUT2D eigenvalue weighted by Crippen LogP contribution is -2.36. The maximum absolute atomic E-state index is 10.7. The second-order valence-corrected chi connectivity index (χ2v) is 3.47. The second kappa shape index (κ2) is 5.19. The van der Waals surface area contributed by atoms with Crippen molar-refractivity contribution in [1.82, 2.24) is 5.32 Å². The molecule has 0 spiro atoms. The van der Waals surface area contributed by atoms with E-state index in [-0.39, 0.29) is 0 Å². The van der Waals surface area contributed by atoms with Gasteiger partial charge in [-0.3, -0.25) is 4.79 Å². The Balaban J connectivity index is 2.31. The molecule has 13 heavy (non-hydrogen) atoms. The zero-order chi connectivity index (χ0) is 9.68. The first-order valence-corrected chi connectivity index (χ1v) is 4.72. The van der Waals surface area contributed by atoms with Gasteiger partial charge in [0.1, 0.15) is 6.04 Å². The molecule has 0 unspecified atom stereocenters. The van der Waals surface area contributed by atoms with E-state index in [0.717, 1.165) is 32.5 Å². The Morgan fingerprint density at radius 2 is 2.23 bits per heavy atom. The molecule has 0 radical (unpaired) electrons. The summed E-state index contributed by atoms with van der Waals surface area (Å²) in [6.45, 7) is 1.56. The van der Waals surface area contributed by atoms with Crippen LogP contribution >= 0.6 is 0 Å². The van der Waals surface area contributed by atoms with Gasteiger partial charge in [0.05, 0.1) is 0 Å². The van der Waals surface area contributed by atoms with Gasteiger partial charge >= 0.3 is 5.97 Å². The average molecular weight is 187 g/mol. The van der Waals surface area contributed by atoms with Crippen molar-refractivity contribution in [1.29, 1.82) is 0 Å². The summed E-state index contributed by atoms with van der Waals surface area (Å²) < 4.78 is 5.21. The lowest BCUT2D eigenvalue weighted by molar-refractivity contribution is -0.140. The lowest BCUT2D eigenvalue weighted by atomic mass is 9.92. The monoisotopic (exact) mass is 187 g/mol. The van der Waals surface area contributed by atoms with E-state index >= 15 is 0 Å². The molecule has 0 aromatic rings. The number of rotatable bonds is 4. The fraction of sp³-hybridized carbons (Fsp3) is 0.889. The van der Waals surface area contributed by atoms with Crippen molar-refractivity contribution >= 4 is 5.97 Å². The fourth-order valence-electron chi connectivity index (χ4n) is 1.66. The van der Waals surface area contributed by atoms with Crippen molar-refractivity contribution in [3.8, 4) is 0 Å². The summed E-state index contributed by atoms with van der Waals surface area (Å²) in [4.78, 5) is 10.7. The summed E-state index contributed by atoms with van der Waals surface area (Å²) in [5.41, 5.74) is 0. The van der Waals surface area contributed by atoms with Gasteiger partial charge < -0.3 is 15.2 Å². The van der Waals surface area contributed by atoms with Crippen LogP contribution in [0.1, 0.15) is 19.3 Å². The van der Waals surface area contributed by atoms with E-state index in [1.807, 2.05) is 0 Å². The molecule has 0 amide bonds. The number of carbonyl (C=O) groups is 1. The summed E-state index contributed by atoms with van der Waals surface area (Å²) in [6, 6.07) is -0.400. The SMILES string of the molecule is CN[C@@H](CC1CCOCC1)C(=O)O. The lowest BCUT2D eigenvalue weighted by Gasteiger charge is -2.24. The maximum atomic E-state index is 10.7. The highest BCUT2D eigenvalue weighted by Gasteiger charge is 2.22. The van der Waals surface area contributed by atoms with Gasteiger partial charge in [-0.15, -0.1) is 0 Å². The first kappa shape index (κ1) is 10.5. The van der Waals surface area contributed by atoms with Crippen molar-refractivity contribution in [3.05, 3.63) is 0 Å². The predicted octanol–water partition coefficient (Wildman–Crippen LogP) is 0.476. The van der Waals surface area contributed by atoms with Crippen LogP contribution in [0.25, 0.3) is 0 Å². The Morgan fingerprint density at radius 1 is 1.62 bits per heavy atom. The van der Waals surface area contributed by atoms with Gasteiger partial charge in [0.15, 0.2) is 0 Å². The standard InChI is InChI=1S/C9H17NO3/c1-10-8(9(11)12)6-7-2-4-13-5-3-7/h7-8,10H,2-6H2,1H3,(H,11,12)/t8-/m0/s1. The van der Waals surface area contributed by atoms with Crippen LogP contribution in [0.4, 0.5) is 0 Å². The van der Waals surface area contributed by atoms with E-state index < -0.39 is 12.0 Å². The summed E-state index contributed by atoms with van der Waals surface area (Å²) in [5, 5.41) is 11.6. The molecular weight excluding hydrogens is 170 g/mol. The van der Waals surface area contributed by atoms with Crippen molar-refractivity contribution in [2.45, 2.75) is 25.3 Å². The van der Waals surface area contributed by atoms with Gasteiger partial charge in [-0.05, 0) is 32.2 Å². The normalized spacial score (nSPS) is 21.3. The van der Waals surface area contributed by atoms with Crippen LogP contribution in [0.3, 0.4) is 0 Å². The topological polar surface area (TPSA) is 58.6 Å². The molecule has 1 atom stereocenters. The molecule has 0 aliphatic carbocycles. The molecule has 1 fully saturated rings. The molecule has 4 heteroatoms. The van der Waals surface area contributed by atoms with Gasteiger partial charge in [-0.25, -0.2) is 0 Å². The minimum Gasteiger partial charge on any atom is -0.480 e. The molecule has 0 aromatic carbocycles. The molecule has 0 aromatic heterocycles. The Kier molecular flexibility index (Phi) is 4.18. The van der Waals surface area contributed by atoms with Crippen molar-refractivity contribution in [2.75, 3.05) is 20.3 Å². The van der Waals surface area contributed by atoms with Gasteiger partial charge in [-0.2, -0.15) is 0 Å². The number of carboxylic acid groups (broad SMARTS) is 1. The third kappa shape index (κ3) is 3.32. The molecule has 0 bridgehead atoms. The summed E-state index contributed by atoms with van der Waals surface area (Å²) in [6.07, 6.45) is 2.70. The highest BCUT2D eigenvalue weighted by molar-refractivity contribution is 5.73. The molecular formula is C9H17NO3. The zero-order valence-corrected chi connectivity index (χ0v) is 7.95. The molecule has 2 N–H and O–H groups in total. The molecule has 76 valence electrons. The van der Waals surface area contributed by atoms with Crippen LogP contribution < -0.4 is 5.32 Å². The van der Waals surface area contributed by atoms with E-state index in [0.29, 0.717) is 5.92 Å². The van der Waals surface area contributed by atoms with Gasteiger partial charge in [0.25, 0.3) is 0 Å². The number of aliphatic carboxylic acids is 1. The molecule has 1 rings (SSSR count). The van der Waals surface area contributed by atoms with Gasteiger partial charge in [0.2, 0.25) is 0 Å². The third-order valence-electron chi connectivity index (χ3n) is 2.56. The number of hydrogen-bond donors (Lipinski definition) is 2. The van der Waals surface area contributed by atoms with E-state index in [1.54, 1.807) is 7.05 Å². The molecule has 1 aliphatic rings. The van der Waals surface area contributed by atoms with E-state index in [1.165, 1.54) is 0 Å². The minimum atomic E-state index is -0.756. The Bertz CT molecular complexity index is 166. The van der Waals surface area contributed by atoms with Crippen LogP contribution in [-0.2, 0) is 9.53 Å². The zero-order valence-electron chi connectivity index (χ0n) is 7.95. The quantitative estimate of drug-likeness (QED) is 0.672. The van der Waals surface area contributed by atoms with Crippen LogP contribution in [0, 0.1) is 5.92 Å². The maximum Gasteiger partial charge on any atom is 0.320 e. The number of hydrogen-bond acceptors (Lipinski definition) is 3. The average Bonchev–Trinajstić information content (AvgIpc) is 2.15. The second-order valence-electron chi connectivity index (χ2n) is 3.47. The van der Waals surface area contributed by atoms with Crippen LogP contribution in [0.5, 0.6) is 0 Å². The Morgan fingerprint density at radius 3 is 2.69 bits per heavy atom. The van der Waals surface area contributed by atoms with E-state index in [9.17, 15) is 4.79 Å². The van der Waals surface area contributed by atoms with Crippen LogP contribution in [0.15, 0.2) is 0 Å². The Labute approximate surface area is 78.3 Å². The largest absolute Gasteiger partial charge is 0.480 e. The van der Waals surface area contributed by atoms with Crippen LogP contribution in [-0.4, -0.2) is 37.4 Å². The molecule has 1 aliphatic heterocycles. The summed E-state index contributed by atoms with van der Waals surface area (Å²) in [5.74, 6) is -0.253. The van der Waals surface area contributed by atoms with E-state index in [4.69, 9.17) is 9.84 Å². The molecule has 1 saturated heterocycles. The minimum absolute atomic E-state index is 0.400. The fourth-order valence-corrected chi connectivity index (χ4v) is 1.66. The smallest absolute Gasteiger partial charge is 0.320 e. The van der Waals surface area contributed by atoms with Crippen molar-refractivity contribution in [3.63, 3.8) is 0 Å². The molecule has 1 heterocycles. The summed E-state index contributed by atoms with van der Waals surface area (Å²) in [7, 11) is 1.69. The predicted molar refractivity (Wildman–Crippen MR) is 48.6 cm³/mol. The van der Waals surface area contributed by atoms with Gasteiger partial charge in [-0.1, -0.05) is 0 Å². The number of nitrogens with one attached hydrogen (secondary N) is 1. The molecule has 0 saturated carbocycles. The first-order valence-electron chi connectivity index (χ1n) is 4.72. The molecule has 4 nitrogen and oxygen atoms in total. The third-order valence-corrected chi connectivity index (χ3v) is 2.56. The van der Waals surface area contributed by atoms with Gasteiger partial charge in [0, 0.05) is 13.2 Å². The number of ether oxygens (including phenoxy) is 1. The number of likely N-dealkylation sites (N-methyl/N-ethyl adjacent to an activating group) is 1. The Hall–Kier alpha value is -0.610. The highest BCUT2D eigenvalue weighted by Crippen LogP contribution is 2.19. The van der Waals surface area contributed by atoms with Crippen molar-refractivity contribution in [2.24, 2.45) is 5.92 Å².